The van der Waals surface area contributed by atoms with Crippen molar-refractivity contribution in [2.75, 3.05) is 5.32 Å². The molecule has 0 radical (unpaired) electrons. The number of anilines is 1. The highest BCUT2D eigenvalue weighted by atomic mass is 16.4. The van der Waals surface area contributed by atoms with Crippen molar-refractivity contribution < 1.29 is 9.90 Å². The van der Waals surface area contributed by atoms with Gasteiger partial charge in [0, 0.05) is 5.56 Å². The molecule has 0 spiro atoms. The molecule has 0 aliphatic rings. The summed E-state index contributed by atoms with van der Waals surface area (Å²) in [6.45, 7) is 5.61. The molecule has 0 aliphatic heterocycles. The summed E-state index contributed by atoms with van der Waals surface area (Å²) in [5, 5.41) is 19.8. The lowest BCUT2D eigenvalue weighted by Gasteiger charge is -2.10. The fraction of sp³-hybridized carbons (Fsp3) is 0.267. The molecule has 1 aromatic carbocycles. The number of aromatic nitrogens is 2. The van der Waals surface area contributed by atoms with Gasteiger partial charge in [0.15, 0.2) is 0 Å². The van der Waals surface area contributed by atoms with E-state index in [-0.39, 0.29) is 0 Å². The average Bonchev–Trinajstić information content (AvgIpc) is 2.42. The molecule has 0 amide bonds. The molecule has 0 bridgehead atoms. The zero-order chi connectivity index (χ0) is 14.7. The summed E-state index contributed by atoms with van der Waals surface area (Å²) in [4.78, 5) is 10.8. The Bertz CT molecular complexity index is 624. The molecule has 104 valence electrons. The van der Waals surface area contributed by atoms with E-state index in [1.807, 2.05) is 26.0 Å². The van der Waals surface area contributed by atoms with E-state index in [1.165, 1.54) is 0 Å². The van der Waals surface area contributed by atoms with Crippen LogP contribution in [0.25, 0.3) is 11.3 Å². The normalized spacial score (nSPS) is 11.9. The number of nitrogens with zero attached hydrogens (tertiary/aromatic N) is 2. The number of rotatable bonds is 4. The summed E-state index contributed by atoms with van der Waals surface area (Å²) in [6.07, 6.45) is 0. The van der Waals surface area contributed by atoms with Crippen molar-refractivity contribution in [2.24, 2.45) is 0 Å². The van der Waals surface area contributed by atoms with Gasteiger partial charge in [-0.1, -0.05) is 17.7 Å². The number of carbonyl (C=O) groups is 1. The number of aryl methyl sites for hydroxylation is 2. The van der Waals surface area contributed by atoms with E-state index >= 15 is 0 Å². The Morgan fingerprint density at radius 2 is 1.95 bits per heavy atom. The number of carboxylic acids is 1. The van der Waals surface area contributed by atoms with E-state index in [0.29, 0.717) is 5.82 Å². The molecule has 2 N–H and O–H groups in total. The lowest BCUT2D eigenvalue weighted by Crippen LogP contribution is -2.25. The molecule has 0 aliphatic carbocycles. The van der Waals surface area contributed by atoms with Crippen molar-refractivity contribution in [3.8, 4) is 11.3 Å². The van der Waals surface area contributed by atoms with Crippen molar-refractivity contribution in [3.63, 3.8) is 0 Å². The first-order chi connectivity index (χ1) is 9.47. The van der Waals surface area contributed by atoms with Crippen LogP contribution in [0.2, 0.25) is 0 Å². The average molecular weight is 271 g/mol. The van der Waals surface area contributed by atoms with Crippen molar-refractivity contribution in [3.05, 3.63) is 41.5 Å². The molecule has 1 atom stereocenters. The Labute approximate surface area is 117 Å². The van der Waals surface area contributed by atoms with E-state index in [9.17, 15) is 4.79 Å². The minimum Gasteiger partial charge on any atom is -0.480 e. The summed E-state index contributed by atoms with van der Waals surface area (Å²) >= 11 is 0. The number of hydrogen-bond acceptors (Lipinski definition) is 4. The van der Waals surface area contributed by atoms with E-state index in [2.05, 4.69) is 27.6 Å². The number of aliphatic carboxylic acids is 1. The van der Waals surface area contributed by atoms with Crippen LogP contribution < -0.4 is 5.32 Å². The molecule has 1 aromatic heterocycles. The summed E-state index contributed by atoms with van der Waals surface area (Å²) in [5.41, 5.74) is 4.11. The second-order valence-electron chi connectivity index (χ2n) is 4.83. The SMILES string of the molecule is Cc1ccc(C)c(-c2ccc(NC(C)C(=O)O)nn2)c1. The first-order valence-electron chi connectivity index (χ1n) is 6.38. The highest BCUT2D eigenvalue weighted by molar-refractivity contribution is 5.76. The quantitative estimate of drug-likeness (QED) is 0.894. The summed E-state index contributed by atoms with van der Waals surface area (Å²) in [6, 6.07) is 9.04. The van der Waals surface area contributed by atoms with Gasteiger partial charge >= 0.3 is 5.97 Å². The van der Waals surface area contributed by atoms with Gasteiger partial charge in [-0.25, -0.2) is 0 Å². The zero-order valence-corrected chi connectivity index (χ0v) is 11.7. The molecule has 2 aromatic rings. The third-order valence-corrected chi connectivity index (χ3v) is 3.07. The van der Waals surface area contributed by atoms with Crippen LogP contribution in [0.4, 0.5) is 5.82 Å². The fourth-order valence-electron chi connectivity index (χ4n) is 1.85. The van der Waals surface area contributed by atoms with Gasteiger partial charge in [0.2, 0.25) is 0 Å². The highest BCUT2D eigenvalue weighted by Gasteiger charge is 2.11. The number of hydrogen-bond donors (Lipinski definition) is 2. The second-order valence-corrected chi connectivity index (χ2v) is 4.83. The Morgan fingerprint density at radius 1 is 1.20 bits per heavy atom. The van der Waals surface area contributed by atoms with Crippen LogP contribution in [-0.4, -0.2) is 27.3 Å². The molecule has 0 saturated heterocycles. The van der Waals surface area contributed by atoms with Gasteiger partial charge in [-0.15, -0.1) is 10.2 Å². The van der Waals surface area contributed by atoms with Gasteiger partial charge in [0.1, 0.15) is 11.9 Å². The van der Waals surface area contributed by atoms with Crippen molar-refractivity contribution in [1.29, 1.82) is 0 Å². The van der Waals surface area contributed by atoms with Gasteiger partial charge in [0.25, 0.3) is 0 Å². The third kappa shape index (κ3) is 3.12. The minimum absolute atomic E-state index is 0.453. The molecular weight excluding hydrogens is 254 g/mol. The van der Waals surface area contributed by atoms with Crippen molar-refractivity contribution in [1.82, 2.24) is 10.2 Å². The van der Waals surface area contributed by atoms with Gasteiger partial charge in [-0.2, -0.15) is 0 Å². The maximum atomic E-state index is 10.8. The second kappa shape index (κ2) is 5.69. The molecule has 2 rings (SSSR count). The van der Waals surface area contributed by atoms with E-state index < -0.39 is 12.0 Å². The number of benzene rings is 1. The smallest absolute Gasteiger partial charge is 0.325 e. The Kier molecular flexibility index (Phi) is 3.98. The van der Waals surface area contributed by atoms with E-state index in [0.717, 1.165) is 22.4 Å². The summed E-state index contributed by atoms with van der Waals surface area (Å²) in [7, 11) is 0. The molecule has 1 heterocycles. The minimum atomic E-state index is -0.926. The topological polar surface area (TPSA) is 75.1 Å². The van der Waals surface area contributed by atoms with Crippen LogP contribution in [0.3, 0.4) is 0 Å². The lowest BCUT2D eigenvalue weighted by molar-refractivity contribution is -0.137. The van der Waals surface area contributed by atoms with Crippen LogP contribution in [0.5, 0.6) is 0 Å². The molecular formula is C15H17N3O2. The molecule has 20 heavy (non-hydrogen) atoms. The van der Waals surface area contributed by atoms with Crippen molar-refractivity contribution in [2.45, 2.75) is 26.8 Å². The molecule has 0 saturated carbocycles. The Balaban J connectivity index is 2.24. The molecule has 5 nitrogen and oxygen atoms in total. The van der Waals surface area contributed by atoms with Gasteiger partial charge < -0.3 is 10.4 Å². The fourth-order valence-corrected chi connectivity index (χ4v) is 1.85. The number of nitrogens with one attached hydrogen (secondary N) is 1. The van der Waals surface area contributed by atoms with Crippen molar-refractivity contribution >= 4 is 11.8 Å². The van der Waals surface area contributed by atoms with Crippen LogP contribution in [0, 0.1) is 13.8 Å². The van der Waals surface area contributed by atoms with E-state index in [1.54, 1.807) is 13.0 Å². The predicted molar refractivity (Wildman–Crippen MR) is 77.7 cm³/mol. The molecule has 1 unspecified atom stereocenters. The maximum absolute atomic E-state index is 10.8. The third-order valence-electron chi connectivity index (χ3n) is 3.07. The standard InChI is InChI=1S/C15H17N3O2/c1-9-4-5-10(2)12(8-9)13-6-7-14(18-17-13)16-11(3)15(19)20/h4-8,11H,1-3H3,(H,16,18)(H,19,20). The monoisotopic (exact) mass is 271 g/mol. The lowest BCUT2D eigenvalue weighted by atomic mass is 10.0. The van der Waals surface area contributed by atoms with Gasteiger partial charge in [-0.05, 0) is 44.5 Å². The van der Waals surface area contributed by atoms with Gasteiger partial charge in [0.05, 0.1) is 5.69 Å². The zero-order valence-electron chi connectivity index (χ0n) is 11.7. The van der Waals surface area contributed by atoms with Crippen LogP contribution >= 0.6 is 0 Å². The predicted octanol–water partition coefficient (Wildman–Crippen LogP) is 2.65. The summed E-state index contributed by atoms with van der Waals surface area (Å²) < 4.78 is 0. The van der Waals surface area contributed by atoms with Crippen LogP contribution in [-0.2, 0) is 4.79 Å². The molecule has 0 fully saturated rings. The maximum Gasteiger partial charge on any atom is 0.325 e. The van der Waals surface area contributed by atoms with E-state index in [4.69, 9.17) is 5.11 Å². The Hall–Kier alpha value is -2.43. The highest BCUT2D eigenvalue weighted by Crippen LogP contribution is 2.22. The van der Waals surface area contributed by atoms with Crippen LogP contribution in [0.15, 0.2) is 30.3 Å². The first kappa shape index (κ1) is 14.0. The Morgan fingerprint density at radius 3 is 2.55 bits per heavy atom. The largest absolute Gasteiger partial charge is 0.480 e. The summed E-state index contributed by atoms with van der Waals surface area (Å²) in [5.74, 6) is -0.473. The number of carboxylic acid groups (broad SMARTS) is 1. The van der Waals surface area contributed by atoms with Gasteiger partial charge in [-0.3, -0.25) is 4.79 Å². The first-order valence-corrected chi connectivity index (χ1v) is 6.38. The molecule has 5 heteroatoms. The van der Waals surface area contributed by atoms with Crippen LogP contribution in [0.1, 0.15) is 18.1 Å².